The maximum absolute atomic E-state index is 4.42. The lowest BCUT2D eigenvalue weighted by Crippen LogP contribution is -2.13. The van der Waals surface area contributed by atoms with E-state index in [0.717, 1.165) is 11.2 Å². The third-order valence-corrected chi connectivity index (χ3v) is 2.18. The van der Waals surface area contributed by atoms with Gasteiger partial charge in [-0.05, 0) is 12.1 Å². The van der Waals surface area contributed by atoms with Gasteiger partial charge in [0.25, 0.3) is 0 Å². The summed E-state index contributed by atoms with van der Waals surface area (Å²) in [5.41, 5.74) is 2.40. The molecule has 82 valence electrons. The molecule has 15 heavy (non-hydrogen) atoms. The van der Waals surface area contributed by atoms with E-state index < -0.39 is 0 Å². The Labute approximate surface area is 91.7 Å². The van der Waals surface area contributed by atoms with Gasteiger partial charge in [-0.25, -0.2) is 0 Å². The predicted octanol–water partition coefficient (Wildman–Crippen LogP) is 3.89. The highest BCUT2D eigenvalue weighted by Crippen LogP contribution is 2.26. The van der Waals surface area contributed by atoms with Gasteiger partial charge in [-0.1, -0.05) is 34.6 Å². The second-order valence-corrected chi connectivity index (χ2v) is 4.35. The molecule has 2 aromatic rings. The summed E-state index contributed by atoms with van der Waals surface area (Å²) >= 11 is 0. The summed E-state index contributed by atoms with van der Waals surface area (Å²) in [6.07, 6.45) is 3.83. The van der Waals surface area contributed by atoms with Crippen molar-refractivity contribution in [3.8, 4) is 0 Å². The molecular formula is C13H20N2. The number of rotatable bonds is 0. The maximum Gasteiger partial charge on any atom is 0.0697 e. The molecule has 0 bridgehead atoms. The normalized spacial score (nSPS) is 11.0. The Bertz CT molecular complexity index is 421. The SMILES string of the molecule is CC.CC(C)(C)c1nccc2cc[nH]c12. The minimum absolute atomic E-state index is 0.102. The molecule has 2 aromatic heterocycles. The smallest absolute Gasteiger partial charge is 0.0697 e. The van der Waals surface area contributed by atoms with Crippen LogP contribution in [0.25, 0.3) is 10.9 Å². The zero-order valence-electron chi connectivity index (χ0n) is 10.3. The van der Waals surface area contributed by atoms with E-state index in [1.165, 1.54) is 5.39 Å². The monoisotopic (exact) mass is 204 g/mol. The Kier molecular flexibility index (Phi) is 3.51. The van der Waals surface area contributed by atoms with Crippen LogP contribution in [0, 0.1) is 0 Å². The molecule has 0 aliphatic heterocycles. The number of H-pyrrole nitrogens is 1. The van der Waals surface area contributed by atoms with Crippen molar-refractivity contribution in [2.24, 2.45) is 0 Å². The first-order valence-electron chi connectivity index (χ1n) is 5.51. The van der Waals surface area contributed by atoms with Crippen LogP contribution >= 0.6 is 0 Å². The van der Waals surface area contributed by atoms with Gasteiger partial charge in [-0.15, -0.1) is 0 Å². The van der Waals surface area contributed by atoms with Gasteiger partial charge < -0.3 is 4.98 Å². The van der Waals surface area contributed by atoms with E-state index in [2.05, 4.69) is 36.8 Å². The lowest BCUT2D eigenvalue weighted by molar-refractivity contribution is 0.574. The first-order valence-corrected chi connectivity index (χ1v) is 5.51. The van der Waals surface area contributed by atoms with Crippen LogP contribution in [0.5, 0.6) is 0 Å². The molecule has 0 spiro atoms. The number of hydrogen-bond donors (Lipinski definition) is 1. The van der Waals surface area contributed by atoms with Crippen molar-refractivity contribution >= 4 is 10.9 Å². The molecule has 1 N–H and O–H groups in total. The third kappa shape index (κ3) is 2.38. The van der Waals surface area contributed by atoms with E-state index in [9.17, 15) is 0 Å². The minimum Gasteiger partial charge on any atom is -0.360 e. The summed E-state index contributed by atoms with van der Waals surface area (Å²) in [7, 11) is 0. The van der Waals surface area contributed by atoms with E-state index in [-0.39, 0.29) is 5.41 Å². The second-order valence-electron chi connectivity index (χ2n) is 4.35. The van der Waals surface area contributed by atoms with Crippen LogP contribution in [0.15, 0.2) is 24.5 Å². The predicted molar refractivity (Wildman–Crippen MR) is 66.1 cm³/mol. The number of nitrogens with one attached hydrogen (secondary N) is 1. The van der Waals surface area contributed by atoms with Crippen molar-refractivity contribution in [2.45, 2.75) is 40.0 Å². The van der Waals surface area contributed by atoms with Crippen molar-refractivity contribution in [3.05, 3.63) is 30.2 Å². The first kappa shape index (κ1) is 11.8. The Morgan fingerprint density at radius 2 is 1.80 bits per heavy atom. The first-order chi connectivity index (χ1) is 7.09. The fraction of sp³-hybridized carbons (Fsp3) is 0.462. The lowest BCUT2D eigenvalue weighted by atomic mass is 9.90. The summed E-state index contributed by atoms with van der Waals surface area (Å²) in [5.74, 6) is 0. The minimum atomic E-state index is 0.102. The van der Waals surface area contributed by atoms with E-state index in [1.807, 2.05) is 32.3 Å². The number of fused-ring (bicyclic) bond motifs is 1. The number of aromatic amines is 1. The molecule has 0 atom stereocenters. The zero-order chi connectivity index (χ0) is 11.5. The van der Waals surface area contributed by atoms with Crippen LogP contribution in [0.1, 0.15) is 40.3 Å². The van der Waals surface area contributed by atoms with Crippen LogP contribution in [0.4, 0.5) is 0 Å². The van der Waals surface area contributed by atoms with Crippen LogP contribution in [0.3, 0.4) is 0 Å². The van der Waals surface area contributed by atoms with Gasteiger partial charge >= 0.3 is 0 Å². The van der Waals surface area contributed by atoms with Gasteiger partial charge in [0.05, 0.1) is 11.2 Å². The van der Waals surface area contributed by atoms with Gasteiger partial charge in [-0.3, -0.25) is 4.98 Å². The van der Waals surface area contributed by atoms with Crippen molar-refractivity contribution < 1.29 is 0 Å². The Morgan fingerprint density at radius 3 is 2.40 bits per heavy atom. The van der Waals surface area contributed by atoms with Crippen molar-refractivity contribution in [1.29, 1.82) is 0 Å². The van der Waals surface area contributed by atoms with Crippen molar-refractivity contribution in [2.75, 3.05) is 0 Å². The number of pyridine rings is 1. The molecular weight excluding hydrogens is 184 g/mol. The molecule has 0 aliphatic rings. The molecule has 0 radical (unpaired) electrons. The summed E-state index contributed by atoms with van der Waals surface area (Å²) < 4.78 is 0. The summed E-state index contributed by atoms with van der Waals surface area (Å²) in [5, 5.41) is 1.24. The molecule has 2 rings (SSSR count). The molecule has 0 saturated heterocycles. The third-order valence-electron chi connectivity index (χ3n) is 2.18. The van der Waals surface area contributed by atoms with E-state index in [4.69, 9.17) is 0 Å². The van der Waals surface area contributed by atoms with Crippen LogP contribution in [-0.2, 0) is 5.41 Å². The molecule has 0 amide bonds. The lowest BCUT2D eigenvalue weighted by Gasteiger charge is -2.18. The quantitative estimate of drug-likeness (QED) is 0.693. The van der Waals surface area contributed by atoms with Crippen LogP contribution in [-0.4, -0.2) is 9.97 Å². The van der Waals surface area contributed by atoms with Gasteiger partial charge in [-0.2, -0.15) is 0 Å². The standard InChI is InChI=1S/C11H14N2.C2H6/c1-11(2,3)10-9-8(4-6-12-9)5-7-13-10;1-2/h4-7,12H,1-3H3;1-2H3. The highest BCUT2D eigenvalue weighted by molar-refractivity contribution is 5.81. The van der Waals surface area contributed by atoms with E-state index in [0.29, 0.717) is 0 Å². The molecule has 0 saturated carbocycles. The van der Waals surface area contributed by atoms with Gasteiger partial charge in [0, 0.05) is 23.2 Å². The number of nitrogens with zero attached hydrogens (tertiary/aromatic N) is 1. The molecule has 2 nitrogen and oxygen atoms in total. The highest BCUT2D eigenvalue weighted by atomic mass is 14.8. The van der Waals surface area contributed by atoms with E-state index in [1.54, 1.807) is 0 Å². The highest BCUT2D eigenvalue weighted by Gasteiger charge is 2.18. The average Bonchev–Trinajstić information content (AvgIpc) is 2.66. The van der Waals surface area contributed by atoms with Gasteiger partial charge in [0.2, 0.25) is 0 Å². The fourth-order valence-corrected chi connectivity index (χ4v) is 1.55. The zero-order valence-corrected chi connectivity index (χ0v) is 10.3. The Balaban J connectivity index is 0.000000531. The molecule has 0 fully saturated rings. The molecule has 2 heterocycles. The Hall–Kier alpha value is -1.31. The summed E-state index contributed by atoms with van der Waals surface area (Å²) in [6, 6.07) is 4.10. The Morgan fingerprint density at radius 1 is 1.13 bits per heavy atom. The van der Waals surface area contributed by atoms with Gasteiger partial charge in [0.15, 0.2) is 0 Å². The van der Waals surface area contributed by atoms with Crippen molar-refractivity contribution in [3.63, 3.8) is 0 Å². The fourth-order valence-electron chi connectivity index (χ4n) is 1.55. The van der Waals surface area contributed by atoms with E-state index >= 15 is 0 Å². The molecule has 0 aromatic carbocycles. The largest absolute Gasteiger partial charge is 0.360 e. The maximum atomic E-state index is 4.42. The van der Waals surface area contributed by atoms with Crippen molar-refractivity contribution in [1.82, 2.24) is 9.97 Å². The van der Waals surface area contributed by atoms with Crippen LogP contribution < -0.4 is 0 Å². The average molecular weight is 204 g/mol. The summed E-state index contributed by atoms with van der Waals surface area (Å²) in [6.45, 7) is 10.5. The number of aromatic nitrogens is 2. The molecule has 0 unspecified atom stereocenters. The molecule has 0 aliphatic carbocycles. The topological polar surface area (TPSA) is 28.7 Å². The van der Waals surface area contributed by atoms with Gasteiger partial charge in [0.1, 0.15) is 0 Å². The molecule has 2 heteroatoms. The van der Waals surface area contributed by atoms with Crippen LogP contribution in [0.2, 0.25) is 0 Å². The number of hydrogen-bond acceptors (Lipinski definition) is 1. The summed E-state index contributed by atoms with van der Waals surface area (Å²) in [4.78, 5) is 7.65. The second kappa shape index (κ2) is 4.47.